The molecule has 1 aromatic heterocycles. The number of nitrogens with one attached hydrogen (secondary N) is 3. The summed E-state index contributed by atoms with van der Waals surface area (Å²) in [6, 6.07) is 15.7. The molecule has 31 heavy (non-hydrogen) atoms. The molecule has 1 heterocycles. The first-order chi connectivity index (χ1) is 14.9. The fourth-order valence-electron chi connectivity index (χ4n) is 2.72. The zero-order chi connectivity index (χ0) is 22.3. The Kier molecular flexibility index (Phi) is 7.11. The maximum Gasteiger partial charge on any atom is 0.259 e. The predicted molar refractivity (Wildman–Crippen MR) is 119 cm³/mol. The van der Waals surface area contributed by atoms with Crippen LogP contribution in [-0.2, 0) is 15.8 Å². The smallest absolute Gasteiger partial charge is 0.259 e. The summed E-state index contributed by atoms with van der Waals surface area (Å²) in [6.45, 7) is 3.63. The highest BCUT2D eigenvalue weighted by Crippen LogP contribution is 2.22. The minimum Gasteiger partial charge on any atom is -0.337 e. The van der Waals surface area contributed by atoms with Crippen LogP contribution in [0.15, 0.2) is 79.5 Å². The van der Waals surface area contributed by atoms with Crippen LogP contribution in [0.4, 0.5) is 21.6 Å². The molecule has 0 aliphatic rings. The maximum absolute atomic E-state index is 13.9. The number of aromatic nitrogens is 1. The third kappa shape index (κ3) is 6.21. The van der Waals surface area contributed by atoms with Gasteiger partial charge >= 0.3 is 0 Å². The van der Waals surface area contributed by atoms with Crippen molar-refractivity contribution in [2.75, 3.05) is 17.2 Å². The minimum absolute atomic E-state index is 0.158. The van der Waals surface area contributed by atoms with Crippen LogP contribution in [0.1, 0.15) is 15.9 Å². The molecular weight excluding hydrogens is 419 g/mol. The number of hydrogen-bond acceptors (Lipinski definition) is 5. The van der Waals surface area contributed by atoms with Crippen molar-refractivity contribution in [3.05, 3.63) is 96.5 Å². The molecule has 0 saturated carbocycles. The van der Waals surface area contributed by atoms with Gasteiger partial charge in [0.2, 0.25) is 10.0 Å². The van der Waals surface area contributed by atoms with E-state index in [4.69, 9.17) is 0 Å². The Hall–Kier alpha value is -3.56. The standard InChI is InChI=1S/C22H21FN4O3S/c1-2-13-25-31(29,30)15-16-9-11-17(12-10-16)26-22(28)18-6-5-14-24-21(18)27-20-8-4-3-7-19(20)23/h2-12,14,25H,1,13,15H2,(H,24,27)(H,26,28). The second kappa shape index (κ2) is 9.96. The highest BCUT2D eigenvalue weighted by Gasteiger charge is 2.15. The SMILES string of the molecule is C=CCNS(=O)(=O)Cc1ccc(NC(=O)c2cccnc2Nc2ccccc2F)cc1. The highest BCUT2D eigenvalue weighted by atomic mass is 32.2. The van der Waals surface area contributed by atoms with Crippen molar-refractivity contribution in [2.24, 2.45) is 0 Å². The summed E-state index contributed by atoms with van der Waals surface area (Å²) in [5, 5.41) is 5.56. The van der Waals surface area contributed by atoms with E-state index in [0.29, 0.717) is 11.3 Å². The molecule has 7 nitrogen and oxygen atoms in total. The Morgan fingerprint density at radius 1 is 1.06 bits per heavy atom. The van der Waals surface area contributed by atoms with Crippen molar-refractivity contribution in [3.63, 3.8) is 0 Å². The molecule has 0 fully saturated rings. The van der Waals surface area contributed by atoms with Gasteiger partial charge in [-0.05, 0) is 42.0 Å². The zero-order valence-corrected chi connectivity index (χ0v) is 17.3. The van der Waals surface area contributed by atoms with Gasteiger partial charge in [-0.25, -0.2) is 22.5 Å². The Labute approximate surface area is 180 Å². The summed E-state index contributed by atoms with van der Waals surface area (Å²) in [5.41, 5.74) is 1.47. The number of nitrogens with zero attached hydrogens (tertiary/aromatic N) is 1. The van der Waals surface area contributed by atoms with Crippen LogP contribution in [0.5, 0.6) is 0 Å². The molecule has 1 amide bonds. The second-order valence-corrected chi connectivity index (χ2v) is 8.36. The fourth-order valence-corrected chi connectivity index (χ4v) is 3.82. The first-order valence-electron chi connectivity index (χ1n) is 9.33. The highest BCUT2D eigenvalue weighted by molar-refractivity contribution is 7.88. The maximum atomic E-state index is 13.9. The minimum atomic E-state index is -3.47. The van der Waals surface area contributed by atoms with E-state index in [2.05, 4.69) is 26.9 Å². The normalized spacial score (nSPS) is 11.0. The Morgan fingerprint density at radius 2 is 1.81 bits per heavy atom. The molecular formula is C22H21FN4O3S. The molecule has 0 atom stereocenters. The number of sulfonamides is 1. The number of carbonyl (C=O) groups excluding carboxylic acids is 1. The third-order valence-electron chi connectivity index (χ3n) is 4.20. The molecule has 0 saturated heterocycles. The molecule has 0 unspecified atom stereocenters. The van der Waals surface area contributed by atoms with Crippen LogP contribution in [-0.4, -0.2) is 25.9 Å². The molecule has 3 N–H and O–H groups in total. The van der Waals surface area contributed by atoms with Crippen LogP contribution in [0, 0.1) is 5.82 Å². The Bertz CT molecular complexity index is 1180. The van der Waals surface area contributed by atoms with E-state index in [1.165, 1.54) is 18.3 Å². The van der Waals surface area contributed by atoms with Gasteiger partial charge in [0.15, 0.2) is 0 Å². The fraction of sp³-hybridized carbons (Fsp3) is 0.0909. The van der Waals surface area contributed by atoms with Gasteiger partial charge in [0.1, 0.15) is 11.6 Å². The average molecular weight is 441 g/mol. The molecule has 2 aromatic carbocycles. The van der Waals surface area contributed by atoms with E-state index in [9.17, 15) is 17.6 Å². The number of carbonyl (C=O) groups is 1. The molecule has 160 valence electrons. The number of amides is 1. The number of anilines is 3. The van der Waals surface area contributed by atoms with Crippen molar-refractivity contribution in [1.29, 1.82) is 0 Å². The van der Waals surface area contributed by atoms with Crippen molar-refractivity contribution in [2.45, 2.75) is 5.75 Å². The Balaban J connectivity index is 1.71. The summed E-state index contributed by atoms with van der Waals surface area (Å²) in [7, 11) is -3.47. The van der Waals surface area contributed by atoms with E-state index in [1.54, 1.807) is 54.6 Å². The zero-order valence-electron chi connectivity index (χ0n) is 16.5. The van der Waals surface area contributed by atoms with E-state index < -0.39 is 21.7 Å². The quantitative estimate of drug-likeness (QED) is 0.439. The van der Waals surface area contributed by atoms with Crippen LogP contribution >= 0.6 is 0 Å². The lowest BCUT2D eigenvalue weighted by atomic mass is 10.2. The van der Waals surface area contributed by atoms with Crippen molar-refractivity contribution in [1.82, 2.24) is 9.71 Å². The molecule has 0 radical (unpaired) electrons. The molecule has 0 bridgehead atoms. The van der Waals surface area contributed by atoms with Crippen LogP contribution in [0.25, 0.3) is 0 Å². The monoisotopic (exact) mass is 440 g/mol. The van der Waals surface area contributed by atoms with Gasteiger partial charge in [-0.1, -0.05) is 30.3 Å². The van der Waals surface area contributed by atoms with Gasteiger partial charge in [-0.3, -0.25) is 4.79 Å². The van der Waals surface area contributed by atoms with Gasteiger partial charge in [0.05, 0.1) is 17.0 Å². The molecule has 0 spiro atoms. The first kappa shape index (κ1) is 22.1. The van der Waals surface area contributed by atoms with Crippen molar-refractivity contribution >= 4 is 33.1 Å². The van der Waals surface area contributed by atoms with Crippen LogP contribution in [0.3, 0.4) is 0 Å². The summed E-state index contributed by atoms with van der Waals surface area (Å²) in [5.74, 6) is -0.886. The van der Waals surface area contributed by atoms with Gasteiger partial charge < -0.3 is 10.6 Å². The van der Waals surface area contributed by atoms with E-state index in [-0.39, 0.29) is 29.4 Å². The Morgan fingerprint density at radius 3 is 2.52 bits per heavy atom. The summed E-state index contributed by atoms with van der Waals surface area (Å²) < 4.78 is 40.2. The third-order valence-corrected chi connectivity index (χ3v) is 5.52. The van der Waals surface area contributed by atoms with Gasteiger partial charge in [0, 0.05) is 18.4 Å². The number of rotatable bonds is 9. The van der Waals surface area contributed by atoms with E-state index in [0.717, 1.165) is 0 Å². The number of hydrogen-bond donors (Lipinski definition) is 3. The van der Waals surface area contributed by atoms with E-state index >= 15 is 0 Å². The molecule has 0 aliphatic carbocycles. The lowest BCUT2D eigenvalue weighted by molar-refractivity contribution is 0.102. The molecule has 0 aliphatic heterocycles. The second-order valence-electron chi connectivity index (χ2n) is 6.55. The number of pyridine rings is 1. The van der Waals surface area contributed by atoms with Crippen LogP contribution < -0.4 is 15.4 Å². The lowest BCUT2D eigenvalue weighted by Gasteiger charge is -2.12. The summed E-state index contributed by atoms with van der Waals surface area (Å²) >= 11 is 0. The number of benzene rings is 2. The van der Waals surface area contributed by atoms with Gasteiger partial charge in [-0.15, -0.1) is 6.58 Å². The predicted octanol–water partition coefficient (Wildman–Crippen LogP) is 3.82. The largest absolute Gasteiger partial charge is 0.337 e. The van der Waals surface area contributed by atoms with Crippen molar-refractivity contribution in [3.8, 4) is 0 Å². The van der Waals surface area contributed by atoms with Gasteiger partial charge in [0.25, 0.3) is 5.91 Å². The summed E-state index contributed by atoms with van der Waals surface area (Å²) in [4.78, 5) is 16.9. The number of para-hydroxylation sites is 1. The first-order valence-corrected chi connectivity index (χ1v) is 11.0. The van der Waals surface area contributed by atoms with Gasteiger partial charge in [-0.2, -0.15) is 0 Å². The number of halogens is 1. The molecule has 3 rings (SSSR count). The molecule has 9 heteroatoms. The van der Waals surface area contributed by atoms with E-state index in [1.807, 2.05) is 0 Å². The topological polar surface area (TPSA) is 100 Å². The average Bonchev–Trinajstić information content (AvgIpc) is 2.75. The van der Waals surface area contributed by atoms with Crippen LogP contribution in [0.2, 0.25) is 0 Å². The summed E-state index contributed by atoms with van der Waals surface area (Å²) in [6.07, 6.45) is 2.96. The lowest BCUT2D eigenvalue weighted by Crippen LogP contribution is -2.25. The van der Waals surface area contributed by atoms with Crippen molar-refractivity contribution < 1.29 is 17.6 Å². The molecule has 3 aromatic rings.